The van der Waals surface area contributed by atoms with Gasteiger partial charge >= 0.3 is 0 Å². The Kier molecular flexibility index (Phi) is 7.66. The number of hydrogen-bond donors (Lipinski definition) is 2. The maximum Gasteiger partial charge on any atom is 0.262 e. The number of halogens is 1. The van der Waals surface area contributed by atoms with Gasteiger partial charge in [-0.2, -0.15) is 0 Å². The molecule has 3 rings (SSSR count). The Morgan fingerprint density at radius 1 is 0.909 bits per heavy atom. The first kappa shape index (κ1) is 24.6. The Morgan fingerprint density at radius 2 is 1.58 bits per heavy atom. The van der Waals surface area contributed by atoms with Crippen LogP contribution in [0.4, 0.5) is 5.69 Å². The minimum atomic E-state index is -3.87. The summed E-state index contributed by atoms with van der Waals surface area (Å²) < 4.78 is 34.2. The number of aryl methyl sites for hydroxylation is 4. The molecule has 0 aliphatic carbocycles. The number of carbonyl (C=O) groups is 1. The molecule has 0 aliphatic heterocycles. The van der Waals surface area contributed by atoms with E-state index in [-0.39, 0.29) is 29.5 Å². The van der Waals surface area contributed by atoms with E-state index in [0.29, 0.717) is 22.0 Å². The molecule has 0 bridgehead atoms. The highest BCUT2D eigenvalue weighted by Gasteiger charge is 2.19. The van der Waals surface area contributed by atoms with Crippen molar-refractivity contribution in [2.45, 2.75) is 32.6 Å². The maximum absolute atomic E-state index is 13.0. The molecule has 174 valence electrons. The van der Waals surface area contributed by atoms with Gasteiger partial charge in [0.25, 0.3) is 15.9 Å². The van der Waals surface area contributed by atoms with E-state index in [4.69, 9.17) is 16.3 Å². The Labute approximate surface area is 200 Å². The second-order valence-corrected chi connectivity index (χ2v) is 10.0. The molecular formula is C25H27ClN2O4S. The van der Waals surface area contributed by atoms with Crippen LogP contribution in [0.3, 0.4) is 0 Å². The van der Waals surface area contributed by atoms with Crippen molar-refractivity contribution in [3.63, 3.8) is 0 Å². The van der Waals surface area contributed by atoms with Crippen molar-refractivity contribution in [1.82, 2.24) is 5.32 Å². The minimum Gasteiger partial charge on any atom is -0.492 e. The summed E-state index contributed by atoms with van der Waals surface area (Å²) in [6.07, 6.45) is 0. The van der Waals surface area contributed by atoms with Crippen LogP contribution in [0.1, 0.15) is 32.6 Å². The summed E-state index contributed by atoms with van der Waals surface area (Å²) in [5.41, 5.74) is 4.13. The highest BCUT2D eigenvalue weighted by atomic mass is 35.5. The Balaban J connectivity index is 1.66. The van der Waals surface area contributed by atoms with Gasteiger partial charge < -0.3 is 10.1 Å². The van der Waals surface area contributed by atoms with Gasteiger partial charge in [0.1, 0.15) is 12.4 Å². The average molecular weight is 487 g/mol. The van der Waals surface area contributed by atoms with Crippen LogP contribution in [0.15, 0.2) is 59.5 Å². The van der Waals surface area contributed by atoms with Gasteiger partial charge in [0.2, 0.25) is 0 Å². The molecule has 3 aromatic rings. The molecule has 3 aromatic carbocycles. The fourth-order valence-electron chi connectivity index (χ4n) is 3.37. The fourth-order valence-corrected chi connectivity index (χ4v) is 4.86. The largest absolute Gasteiger partial charge is 0.492 e. The highest BCUT2D eigenvalue weighted by Crippen LogP contribution is 2.23. The molecule has 33 heavy (non-hydrogen) atoms. The number of amides is 1. The molecule has 0 saturated carbocycles. The van der Waals surface area contributed by atoms with Crippen LogP contribution in [-0.2, 0) is 10.0 Å². The summed E-state index contributed by atoms with van der Waals surface area (Å²) >= 11 is 6.08. The molecule has 0 saturated heterocycles. The first-order valence-corrected chi connectivity index (χ1v) is 12.3. The summed E-state index contributed by atoms with van der Waals surface area (Å²) in [4.78, 5) is 12.6. The number of hydrogen-bond acceptors (Lipinski definition) is 4. The van der Waals surface area contributed by atoms with Gasteiger partial charge in [-0.3, -0.25) is 9.52 Å². The molecule has 6 nitrogen and oxygen atoms in total. The van der Waals surface area contributed by atoms with E-state index < -0.39 is 10.0 Å². The number of carbonyl (C=O) groups excluding carboxylic acids is 1. The smallest absolute Gasteiger partial charge is 0.262 e. The second kappa shape index (κ2) is 10.3. The molecule has 0 spiro atoms. The summed E-state index contributed by atoms with van der Waals surface area (Å²) in [5, 5.41) is 3.36. The lowest BCUT2D eigenvalue weighted by Crippen LogP contribution is -2.28. The lowest BCUT2D eigenvalue weighted by molar-refractivity contribution is 0.0946. The second-order valence-electron chi connectivity index (χ2n) is 7.98. The van der Waals surface area contributed by atoms with Crippen LogP contribution in [0.25, 0.3) is 0 Å². The van der Waals surface area contributed by atoms with Gasteiger partial charge in [-0.1, -0.05) is 29.8 Å². The van der Waals surface area contributed by atoms with Crippen molar-refractivity contribution in [3.05, 3.63) is 87.4 Å². The van der Waals surface area contributed by atoms with Gasteiger partial charge in [-0.15, -0.1) is 0 Å². The number of sulfonamides is 1. The predicted molar refractivity (Wildman–Crippen MR) is 132 cm³/mol. The molecule has 0 aliphatic rings. The van der Waals surface area contributed by atoms with Crippen molar-refractivity contribution in [2.24, 2.45) is 0 Å². The first-order chi connectivity index (χ1) is 15.5. The lowest BCUT2D eigenvalue weighted by atomic mass is 10.1. The molecule has 8 heteroatoms. The lowest BCUT2D eigenvalue weighted by Gasteiger charge is -2.13. The summed E-state index contributed by atoms with van der Waals surface area (Å²) in [6, 6.07) is 15.5. The molecule has 0 radical (unpaired) electrons. The number of benzene rings is 3. The van der Waals surface area contributed by atoms with Crippen LogP contribution in [0, 0.1) is 27.7 Å². The van der Waals surface area contributed by atoms with E-state index in [1.807, 2.05) is 39.0 Å². The molecule has 0 atom stereocenters. The molecular weight excluding hydrogens is 460 g/mol. The monoisotopic (exact) mass is 486 g/mol. The summed E-state index contributed by atoms with van der Waals surface area (Å²) in [6.45, 7) is 7.89. The van der Waals surface area contributed by atoms with E-state index in [1.54, 1.807) is 37.3 Å². The van der Waals surface area contributed by atoms with Gasteiger partial charge in [0.15, 0.2) is 0 Å². The minimum absolute atomic E-state index is 0.0554. The van der Waals surface area contributed by atoms with Crippen LogP contribution in [0.5, 0.6) is 5.75 Å². The fraction of sp³-hybridized carbons (Fsp3) is 0.240. The van der Waals surface area contributed by atoms with Crippen molar-refractivity contribution in [3.8, 4) is 5.75 Å². The number of anilines is 1. The van der Waals surface area contributed by atoms with Gasteiger partial charge in [-0.25, -0.2) is 8.42 Å². The third-order valence-corrected chi connectivity index (χ3v) is 6.94. The van der Waals surface area contributed by atoms with E-state index in [1.165, 1.54) is 6.07 Å². The molecule has 2 N–H and O–H groups in total. The zero-order valence-electron chi connectivity index (χ0n) is 19.0. The summed E-state index contributed by atoms with van der Waals surface area (Å²) in [7, 11) is -3.87. The molecule has 0 heterocycles. The third kappa shape index (κ3) is 6.49. The maximum atomic E-state index is 13.0. The van der Waals surface area contributed by atoms with E-state index in [9.17, 15) is 13.2 Å². The number of nitrogens with one attached hydrogen (secondary N) is 2. The van der Waals surface area contributed by atoms with Crippen LogP contribution >= 0.6 is 11.6 Å². The van der Waals surface area contributed by atoms with E-state index in [2.05, 4.69) is 10.0 Å². The van der Waals surface area contributed by atoms with Crippen molar-refractivity contribution in [2.75, 3.05) is 17.9 Å². The zero-order chi connectivity index (χ0) is 24.2. The van der Waals surface area contributed by atoms with E-state index >= 15 is 0 Å². The van der Waals surface area contributed by atoms with Crippen molar-refractivity contribution in [1.29, 1.82) is 0 Å². The molecule has 0 unspecified atom stereocenters. The quantitative estimate of drug-likeness (QED) is 0.429. The zero-order valence-corrected chi connectivity index (χ0v) is 20.6. The third-order valence-electron chi connectivity index (χ3n) is 5.01. The van der Waals surface area contributed by atoms with Crippen molar-refractivity contribution < 1.29 is 17.9 Å². The number of rotatable bonds is 8. The van der Waals surface area contributed by atoms with Gasteiger partial charge in [0, 0.05) is 16.3 Å². The van der Waals surface area contributed by atoms with Crippen LogP contribution < -0.4 is 14.8 Å². The molecule has 0 aromatic heterocycles. The summed E-state index contributed by atoms with van der Waals surface area (Å²) in [5.74, 6) is 0.226. The van der Waals surface area contributed by atoms with Crippen LogP contribution in [0.2, 0.25) is 5.02 Å². The highest BCUT2D eigenvalue weighted by molar-refractivity contribution is 7.92. The first-order valence-electron chi connectivity index (χ1n) is 10.4. The Hall–Kier alpha value is -3.03. The normalized spacial score (nSPS) is 11.2. The van der Waals surface area contributed by atoms with Gasteiger partial charge in [0.05, 0.1) is 11.4 Å². The SMILES string of the molecule is Cc1cc(C)cc(NS(=O)(=O)c2cc(C(=O)NCCOc3ccc(C)c(Cl)c3)ccc2C)c1. The van der Waals surface area contributed by atoms with Crippen molar-refractivity contribution >= 4 is 33.2 Å². The topological polar surface area (TPSA) is 84.5 Å². The molecule has 0 fully saturated rings. The Morgan fingerprint density at radius 3 is 2.24 bits per heavy atom. The standard InChI is InChI=1S/C25H27ClN2O4S/c1-16-11-17(2)13-21(12-16)28-33(30,31)24-14-20(7-5-19(24)4)25(29)27-9-10-32-22-8-6-18(3)23(26)15-22/h5-8,11-15,28H,9-10H2,1-4H3,(H,27,29). The van der Waals surface area contributed by atoms with Gasteiger partial charge in [-0.05, 0) is 86.3 Å². The Bertz CT molecular complexity index is 1270. The van der Waals surface area contributed by atoms with E-state index in [0.717, 1.165) is 16.7 Å². The average Bonchev–Trinajstić information content (AvgIpc) is 2.72. The van der Waals surface area contributed by atoms with Crippen LogP contribution in [-0.4, -0.2) is 27.5 Å². The number of ether oxygens (including phenoxy) is 1. The molecule has 1 amide bonds. The predicted octanol–water partition coefficient (Wildman–Crippen LogP) is 5.18.